The van der Waals surface area contributed by atoms with E-state index in [1.165, 1.54) is 6.92 Å². The first-order chi connectivity index (χ1) is 8.09. The van der Waals surface area contributed by atoms with Crippen LogP contribution in [0.4, 0.5) is 0 Å². The van der Waals surface area contributed by atoms with E-state index in [1.54, 1.807) is 29.2 Å². The molecule has 2 amide bonds. The molecular weight excluding hydrogens is 240 g/mol. The Hall–Kier alpha value is -1.55. The molecule has 0 spiro atoms. The lowest BCUT2D eigenvalue weighted by Crippen LogP contribution is -2.51. The van der Waals surface area contributed by atoms with Crippen molar-refractivity contribution in [2.75, 3.05) is 13.1 Å². The fourth-order valence-electron chi connectivity index (χ4n) is 2.01. The zero-order valence-corrected chi connectivity index (χ0v) is 10.2. The van der Waals surface area contributed by atoms with Gasteiger partial charge in [0.05, 0.1) is 0 Å². The van der Waals surface area contributed by atoms with Crippen LogP contribution in [0.1, 0.15) is 18.5 Å². The van der Waals surface area contributed by atoms with Gasteiger partial charge in [-0.25, -0.2) is 0 Å². The third-order valence-corrected chi connectivity index (χ3v) is 3.02. The molecule has 1 heterocycles. The van der Waals surface area contributed by atoms with Crippen molar-refractivity contribution < 1.29 is 9.59 Å². The lowest BCUT2D eigenvalue weighted by Gasteiger charge is -2.34. The van der Waals surface area contributed by atoms with Crippen molar-refractivity contribution >= 4 is 23.4 Å². The molecule has 0 aromatic heterocycles. The predicted molar refractivity (Wildman–Crippen MR) is 64.6 cm³/mol. The fraction of sp³-hybridized carbons (Fsp3) is 0.333. The summed E-state index contributed by atoms with van der Waals surface area (Å²) >= 11 is 5.90. The molecule has 1 aromatic carbocycles. The average Bonchev–Trinajstić information content (AvgIpc) is 2.28. The Morgan fingerprint density at radius 2 is 2.29 bits per heavy atom. The molecule has 0 bridgehead atoms. The first kappa shape index (κ1) is 11.9. The zero-order chi connectivity index (χ0) is 12.4. The Kier molecular flexibility index (Phi) is 3.33. The highest BCUT2D eigenvalue weighted by Crippen LogP contribution is 2.25. The van der Waals surface area contributed by atoms with Crippen molar-refractivity contribution in [3.63, 3.8) is 0 Å². The van der Waals surface area contributed by atoms with Gasteiger partial charge in [0, 0.05) is 25.0 Å². The molecule has 0 saturated carbocycles. The van der Waals surface area contributed by atoms with Crippen LogP contribution in [0.3, 0.4) is 0 Å². The van der Waals surface area contributed by atoms with Crippen LogP contribution in [0.5, 0.6) is 0 Å². The van der Waals surface area contributed by atoms with Crippen LogP contribution in [-0.4, -0.2) is 29.8 Å². The SMILES string of the molecule is CC(=O)N1CCNC(=O)C1c1cccc(Cl)c1. The number of piperazine rings is 1. The summed E-state index contributed by atoms with van der Waals surface area (Å²) in [6.07, 6.45) is 0. The molecule has 1 N–H and O–H groups in total. The summed E-state index contributed by atoms with van der Waals surface area (Å²) in [4.78, 5) is 25.0. The van der Waals surface area contributed by atoms with Crippen molar-refractivity contribution in [1.29, 1.82) is 0 Å². The Labute approximate surface area is 105 Å². The van der Waals surface area contributed by atoms with Crippen LogP contribution < -0.4 is 5.32 Å². The maximum Gasteiger partial charge on any atom is 0.247 e. The summed E-state index contributed by atoms with van der Waals surface area (Å²) in [7, 11) is 0. The number of carbonyl (C=O) groups is 2. The summed E-state index contributed by atoms with van der Waals surface area (Å²) < 4.78 is 0. The summed E-state index contributed by atoms with van der Waals surface area (Å²) in [5, 5.41) is 3.32. The molecule has 1 fully saturated rings. The average molecular weight is 253 g/mol. The number of nitrogens with one attached hydrogen (secondary N) is 1. The van der Waals surface area contributed by atoms with Crippen LogP contribution in [0.2, 0.25) is 5.02 Å². The second kappa shape index (κ2) is 4.75. The van der Waals surface area contributed by atoms with Gasteiger partial charge in [-0.2, -0.15) is 0 Å². The second-order valence-electron chi connectivity index (χ2n) is 3.96. The van der Waals surface area contributed by atoms with E-state index in [0.29, 0.717) is 18.1 Å². The lowest BCUT2D eigenvalue weighted by molar-refractivity contribution is -0.142. The predicted octanol–water partition coefficient (Wildman–Crippen LogP) is 1.36. The van der Waals surface area contributed by atoms with Gasteiger partial charge < -0.3 is 10.2 Å². The molecule has 1 aliphatic rings. The largest absolute Gasteiger partial charge is 0.352 e. The molecule has 1 atom stereocenters. The van der Waals surface area contributed by atoms with Crippen molar-refractivity contribution in [2.24, 2.45) is 0 Å². The van der Waals surface area contributed by atoms with Crippen LogP contribution in [0.25, 0.3) is 0 Å². The maximum atomic E-state index is 11.9. The van der Waals surface area contributed by atoms with Gasteiger partial charge in [0.15, 0.2) is 0 Å². The molecule has 90 valence electrons. The maximum absolute atomic E-state index is 11.9. The molecule has 1 aromatic rings. The van der Waals surface area contributed by atoms with E-state index < -0.39 is 6.04 Å². The van der Waals surface area contributed by atoms with E-state index in [0.717, 1.165) is 5.56 Å². The Balaban J connectivity index is 2.38. The molecule has 4 nitrogen and oxygen atoms in total. The van der Waals surface area contributed by atoms with Gasteiger partial charge in [-0.1, -0.05) is 23.7 Å². The highest BCUT2D eigenvalue weighted by molar-refractivity contribution is 6.30. The monoisotopic (exact) mass is 252 g/mol. The summed E-state index contributed by atoms with van der Waals surface area (Å²) in [5.74, 6) is -0.265. The van der Waals surface area contributed by atoms with Gasteiger partial charge in [0.2, 0.25) is 11.8 Å². The first-order valence-electron chi connectivity index (χ1n) is 5.40. The smallest absolute Gasteiger partial charge is 0.247 e. The van der Waals surface area contributed by atoms with Crippen LogP contribution >= 0.6 is 11.6 Å². The Morgan fingerprint density at radius 1 is 1.53 bits per heavy atom. The van der Waals surface area contributed by atoms with Crippen molar-refractivity contribution in [3.05, 3.63) is 34.9 Å². The minimum atomic E-state index is -0.569. The number of nitrogens with zero attached hydrogens (tertiary/aromatic N) is 1. The summed E-state index contributed by atoms with van der Waals surface area (Å²) in [6, 6.07) is 6.46. The van der Waals surface area contributed by atoms with Gasteiger partial charge in [-0.3, -0.25) is 9.59 Å². The van der Waals surface area contributed by atoms with Gasteiger partial charge in [-0.15, -0.1) is 0 Å². The fourth-order valence-corrected chi connectivity index (χ4v) is 2.21. The molecule has 0 radical (unpaired) electrons. The van der Waals surface area contributed by atoms with E-state index in [4.69, 9.17) is 11.6 Å². The van der Waals surface area contributed by atoms with Gasteiger partial charge >= 0.3 is 0 Å². The highest BCUT2D eigenvalue weighted by atomic mass is 35.5. The lowest BCUT2D eigenvalue weighted by atomic mass is 10.0. The van der Waals surface area contributed by atoms with Gasteiger partial charge in [0.1, 0.15) is 6.04 Å². The molecule has 0 aliphatic carbocycles. The minimum absolute atomic E-state index is 0.107. The molecule has 1 unspecified atom stereocenters. The van der Waals surface area contributed by atoms with Gasteiger partial charge in [0.25, 0.3) is 0 Å². The molecule has 1 aliphatic heterocycles. The second-order valence-corrected chi connectivity index (χ2v) is 4.40. The standard InChI is InChI=1S/C12H13ClN2O2/c1-8(16)15-6-5-14-12(17)11(15)9-3-2-4-10(13)7-9/h2-4,7,11H,5-6H2,1H3,(H,14,17). The van der Waals surface area contributed by atoms with Crippen LogP contribution in [-0.2, 0) is 9.59 Å². The third kappa shape index (κ3) is 2.42. The number of hydrogen-bond acceptors (Lipinski definition) is 2. The van der Waals surface area contributed by atoms with E-state index in [-0.39, 0.29) is 11.8 Å². The quantitative estimate of drug-likeness (QED) is 0.821. The van der Waals surface area contributed by atoms with E-state index >= 15 is 0 Å². The molecule has 5 heteroatoms. The van der Waals surface area contributed by atoms with E-state index in [9.17, 15) is 9.59 Å². The van der Waals surface area contributed by atoms with Crippen molar-refractivity contribution in [2.45, 2.75) is 13.0 Å². The molecule has 1 saturated heterocycles. The van der Waals surface area contributed by atoms with Crippen LogP contribution in [0.15, 0.2) is 24.3 Å². The number of halogens is 1. The number of rotatable bonds is 1. The van der Waals surface area contributed by atoms with E-state index in [2.05, 4.69) is 5.32 Å². The number of hydrogen-bond donors (Lipinski definition) is 1. The van der Waals surface area contributed by atoms with Crippen molar-refractivity contribution in [1.82, 2.24) is 10.2 Å². The molecule has 2 rings (SSSR count). The minimum Gasteiger partial charge on any atom is -0.352 e. The molecular formula is C12H13ClN2O2. The van der Waals surface area contributed by atoms with E-state index in [1.807, 2.05) is 0 Å². The number of carbonyl (C=O) groups excluding carboxylic acids is 2. The van der Waals surface area contributed by atoms with Gasteiger partial charge in [-0.05, 0) is 17.7 Å². The first-order valence-corrected chi connectivity index (χ1v) is 5.78. The summed E-state index contributed by atoms with van der Waals surface area (Å²) in [5.41, 5.74) is 0.741. The normalized spacial score (nSPS) is 20.0. The topological polar surface area (TPSA) is 49.4 Å². The number of benzene rings is 1. The Morgan fingerprint density at radius 3 is 2.94 bits per heavy atom. The summed E-state index contributed by atoms with van der Waals surface area (Å²) in [6.45, 7) is 2.49. The third-order valence-electron chi connectivity index (χ3n) is 2.78. The van der Waals surface area contributed by atoms with Crippen molar-refractivity contribution in [3.8, 4) is 0 Å². The van der Waals surface area contributed by atoms with Crippen LogP contribution in [0, 0.1) is 0 Å². The Bertz CT molecular complexity index is 462. The zero-order valence-electron chi connectivity index (χ0n) is 9.44. The highest BCUT2D eigenvalue weighted by Gasteiger charge is 2.32. The number of amides is 2. The molecule has 17 heavy (non-hydrogen) atoms.